The summed E-state index contributed by atoms with van der Waals surface area (Å²) in [5, 5.41) is 10.4. The zero-order valence-electron chi connectivity index (χ0n) is 9.68. The number of amides is 3. The number of urea groups is 1. The fourth-order valence-electron chi connectivity index (χ4n) is 1.54. The van der Waals surface area contributed by atoms with Crippen molar-refractivity contribution in [2.24, 2.45) is 5.92 Å². The monoisotopic (exact) mass is 240 g/mol. The first kappa shape index (κ1) is 13.2. The number of carboxylic acids is 1. The van der Waals surface area contributed by atoms with Crippen LogP contribution in [0.25, 0.3) is 0 Å². The third-order valence-corrected chi connectivity index (χ3v) is 2.71. The third kappa shape index (κ3) is 4.67. The highest BCUT2D eigenvalue weighted by Gasteiger charge is 2.21. The fourth-order valence-corrected chi connectivity index (χ4v) is 1.54. The van der Waals surface area contributed by atoms with Crippen molar-refractivity contribution in [2.75, 3.05) is 13.6 Å². The molecular weight excluding hydrogens is 224 g/mol. The van der Waals surface area contributed by atoms with E-state index in [4.69, 9.17) is 5.11 Å². The summed E-state index contributed by atoms with van der Waals surface area (Å²) in [5.41, 5.74) is 0. The fraction of sp³-hybridized carbons (Fsp3) is 0.545. The minimum absolute atomic E-state index is 0.503. The van der Waals surface area contributed by atoms with Crippen LogP contribution < -0.4 is 5.32 Å². The molecule has 0 aromatic heterocycles. The van der Waals surface area contributed by atoms with Crippen LogP contribution in [0.15, 0.2) is 12.2 Å². The lowest BCUT2D eigenvalue weighted by Gasteiger charge is -2.29. The Bertz CT molecular complexity index is 347. The molecule has 0 bridgehead atoms. The highest BCUT2D eigenvalue weighted by molar-refractivity contribution is 6.02. The predicted molar refractivity (Wildman–Crippen MR) is 60.3 cm³/mol. The van der Waals surface area contributed by atoms with Gasteiger partial charge in [0.25, 0.3) is 5.91 Å². The van der Waals surface area contributed by atoms with Crippen molar-refractivity contribution >= 4 is 17.9 Å². The first-order valence-corrected chi connectivity index (χ1v) is 5.46. The van der Waals surface area contributed by atoms with Gasteiger partial charge < -0.3 is 10.0 Å². The van der Waals surface area contributed by atoms with Crippen molar-refractivity contribution in [3.8, 4) is 0 Å². The number of imide groups is 1. The van der Waals surface area contributed by atoms with E-state index in [2.05, 4.69) is 5.32 Å². The molecule has 1 aliphatic rings. The summed E-state index contributed by atoms with van der Waals surface area (Å²) in [4.78, 5) is 34.2. The van der Waals surface area contributed by atoms with Gasteiger partial charge in [-0.1, -0.05) is 6.42 Å². The summed E-state index contributed by atoms with van der Waals surface area (Å²) in [6, 6.07) is -0.503. The van der Waals surface area contributed by atoms with Crippen molar-refractivity contribution in [1.82, 2.24) is 10.2 Å². The van der Waals surface area contributed by atoms with Gasteiger partial charge in [0.1, 0.15) is 0 Å². The summed E-state index contributed by atoms with van der Waals surface area (Å²) < 4.78 is 0. The Morgan fingerprint density at radius 1 is 1.35 bits per heavy atom. The van der Waals surface area contributed by atoms with Gasteiger partial charge in [0.05, 0.1) is 0 Å². The van der Waals surface area contributed by atoms with Gasteiger partial charge in [-0.25, -0.2) is 9.59 Å². The lowest BCUT2D eigenvalue weighted by Crippen LogP contribution is -2.43. The minimum Gasteiger partial charge on any atom is -0.478 e. The van der Waals surface area contributed by atoms with Gasteiger partial charge in [-0.3, -0.25) is 10.1 Å². The second-order valence-electron chi connectivity index (χ2n) is 4.14. The summed E-state index contributed by atoms with van der Waals surface area (Å²) in [5.74, 6) is -1.43. The first-order chi connectivity index (χ1) is 7.99. The van der Waals surface area contributed by atoms with Crippen LogP contribution in [-0.2, 0) is 9.59 Å². The zero-order valence-corrected chi connectivity index (χ0v) is 9.68. The Labute approximate surface area is 99.3 Å². The molecule has 0 aromatic rings. The van der Waals surface area contributed by atoms with E-state index in [9.17, 15) is 14.4 Å². The van der Waals surface area contributed by atoms with E-state index in [-0.39, 0.29) is 0 Å². The van der Waals surface area contributed by atoms with Crippen LogP contribution in [0.4, 0.5) is 4.79 Å². The maximum atomic E-state index is 11.5. The number of carbonyl (C=O) groups is 3. The molecule has 1 aliphatic carbocycles. The van der Waals surface area contributed by atoms with Crippen molar-refractivity contribution in [3.63, 3.8) is 0 Å². The molecular formula is C11H16N2O4. The van der Waals surface area contributed by atoms with Crippen LogP contribution in [-0.4, -0.2) is 41.5 Å². The molecule has 2 N–H and O–H groups in total. The normalized spacial score (nSPS) is 15.4. The summed E-state index contributed by atoms with van der Waals surface area (Å²) >= 11 is 0. The van der Waals surface area contributed by atoms with Crippen LogP contribution in [0.5, 0.6) is 0 Å². The average molecular weight is 240 g/mol. The highest BCUT2D eigenvalue weighted by Crippen LogP contribution is 2.26. The molecule has 0 radical (unpaired) electrons. The number of hydrogen-bond donors (Lipinski definition) is 2. The molecule has 0 aliphatic heterocycles. The van der Waals surface area contributed by atoms with E-state index in [1.807, 2.05) is 0 Å². The van der Waals surface area contributed by atoms with Crippen LogP contribution in [0.1, 0.15) is 19.3 Å². The molecule has 0 aromatic carbocycles. The molecule has 0 heterocycles. The van der Waals surface area contributed by atoms with Crippen LogP contribution in [0.2, 0.25) is 0 Å². The Balaban J connectivity index is 2.31. The molecule has 0 saturated heterocycles. The zero-order chi connectivity index (χ0) is 12.8. The lowest BCUT2D eigenvalue weighted by atomic mass is 9.85. The first-order valence-electron chi connectivity index (χ1n) is 5.46. The number of hydrogen-bond acceptors (Lipinski definition) is 3. The number of carboxylic acid groups (broad SMARTS) is 1. The van der Waals surface area contributed by atoms with Gasteiger partial charge in [-0.2, -0.15) is 0 Å². The molecule has 94 valence electrons. The van der Waals surface area contributed by atoms with Gasteiger partial charge >= 0.3 is 12.0 Å². The van der Waals surface area contributed by atoms with E-state index in [0.29, 0.717) is 18.5 Å². The largest absolute Gasteiger partial charge is 0.478 e. The number of nitrogens with one attached hydrogen (secondary N) is 1. The highest BCUT2D eigenvalue weighted by atomic mass is 16.4. The van der Waals surface area contributed by atoms with E-state index in [0.717, 1.165) is 18.9 Å². The quantitative estimate of drug-likeness (QED) is 0.704. The second kappa shape index (κ2) is 6.03. The molecule has 6 nitrogen and oxygen atoms in total. The van der Waals surface area contributed by atoms with E-state index >= 15 is 0 Å². The summed E-state index contributed by atoms with van der Waals surface area (Å²) in [7, 11) is 1.61. The lowest BCUT2D eigenvalue weighted by molar-refractivity contribution is -0.131. The van der Waals surface area contributed by atoms with E-state index in [1.54, 1.807) is 7.05 Å². The van der Waals surface area contributed by atoms with E-state index < -0.39 is 17.9 Å². The Hall–Kier alpha value is -1.85. The molecule has 1 fully saturated rings. The van der Waals surface area contributed by atoms with Crippen molar-refractivity contribution in [2.45, 2.75) is 19.3 Å². The average Bonchev–Trinajstić information content (AvgIpc) is 2.20. The van der Waals surface area contributed by atoms with Crippen molar-refractivity contribution < 1.29 is 19.5 Å². The number of nitrogens with zero attached hydrogens (tertiary/aromatic N) is 1. The predicted octanol–water partition coefficient (Wildman–Crippen LogP) is 0.595. The molecule has 1 rings (SSSR count). The molecule has 0 spiro atoms. The molecule has 0 unspecified atom stereocenters. The smallest absolute Gasteiger partial charge is 0.328 e. The maximum absolute atomic E-state index is 11.5. The summed E-state index contributed by atoms with van der Waals surface area (Å²) in [6.45, 7) is 0.627. The Kier molecular flexibility index (Phi) is 4.68. The van der Waals surface area contributed by atoms with Crippen molar-refractivity contribution in [1.29, 1.82) is 0 Å². The van der Waals surface area contributed by atoms with Crippen LogP contribution in [0, 0.1) is 5.92 Å². The number of rotatable bonds is 4. The van der Waals surface area contributed by atoms with Gasteiger partial charge in [0.15, 0.2) is 0 Å². The maximum Gasteiger partial charge on any atom is 0.328 e. The number of carbonyl (C=O) groups excluding carboxylic acids is 2. The second-order valence-corrected chi connectivity index (χ2v) is 4.14. The van der Waals surface area contributed by atoms with Gasteiger partial charge in [0, 0.05) is 25.7 Å². The SMILES string of the molecule is CN(CC1CCC1)C(=O)NC(=O)C=CC(=O)O. The van der Waals surface area contributed by atoms with Crippen molar-refractivity contribution in [3.05, 3.63) is 12.2 Å². The van der Waals surface area contributed by atoms with Crippen LogP contribution in [0.3, 0.4) is 0 Å². The third-order valence-electron chi connectivity index (χ3n) is 2.71. The Morgan fingerprint density at radius 2 is 2.00 bits per heavy atom. The van der Waals surface area contributed by atoms with E-state index in [1.165, 1.54) is 11.3 Å². The van der Waals surface area contributed by atoms with Gasteiger partial charge in [-0.05, 0) is 18.8 Å². The molecule has 3 amide bonds. The Morgan fingerprint density at radius 3 is 2.47 bits per heavy atom. The summed E-state index contributed by atoms with van der Waals surface area (Å²) in [6.07, 6.45) is 4.93. The topological polar surface area (TPSA) is 86.7 Å². The minimum atomic E-state index is -1.23. The standard InChI is InChI=1S/C11H16N2O4/c1-13(7-8-3-2-4-8)11(17)12-9(14)5-6-10(15)16/h5-6,8H,2-4,7H2,1H3,(H,15,16)(H,12,14,17). The molecule has 6 heteroatoms. The molecule has 0 atom stereocenters. The van der Waals surface area contributed by atoms with Gasteiger partial charge in [-0.15, -0.1) is 0 Å². The molecule has 1 saturated carbocycles. The van der Waals surface area contributed by atoms with Gasteiger partial charge in [0.2, 0.25) is 0 Å². The number of aliphatic carboxylic acids is 1. The van der Waals surface area contributed by atoms with Crippen LogP contribution >= 0.6 is 0 Å². The molecule has 17 heavy (non-hydrogen) atoms.